The molecule has 5 aromatic rings. The zero-order valence-corrected chi connectivity index (χ0v) is 39.6. The minimum atomic E-state index is -5.22. The number of sulfonamides is 1. The van der Waals surface area contributed by atoms with Gasteiger partial charge >= 0.3 is 12.4 Å². The molecule has 0 aliphatic heterocycles. The van der Waals surface area contributed by atoms with E-state index in [4.69, 9.17) is 11.6 Å². The highest BCUT2D eigenvalue weighted by molar-refractivity contribution is 7.93. The maximum atomic E-state index is 15.5. The minimum Gasteiger partial charge on any atom is -0.392 e. The molecule has 2 aliphatic carbocycles. The molecule has 2 aliphatic rings. The maximum absolute atomic E-state index is 15.5. The second-order valence-electron chi connectivity index (χ2n) is 17.6. The number of alkyl halides is 8. The largest absolute Gasteiger partial charge is 0.435 e. The lowest BCUT2D eigenvalue weighted by Gasteiger charge is -2.23. The molecule has 4 atom stereocenters. The molecule has 15 nitrogen and oxygen atoms in total. The van der Waals surface area contributed by atoms with E-state index in [2.05, 4.69) is 37.7 Å². The molecule has 28 heteroatoms. The number of carbonyl (C=O) groups excluding carboxylic acids is 2. The van der Waals surface area contributed by atoms with Crippen LogP contribution in [0.5, 0.6) is 0 Å². The second-order valence-corrected chi connectivity index (χ2v) is 22.3. The number of nitrogens with one attached hydrogen (secondary N) is 3. The van der Waals surface area contributed by atoms with Gasteiger partial charge in [0.2, 0.25) is 21.8 Å². The first-order valence-corrected chi connectivity index (χ1v) is 24.8. The Kier molecular flexibility index (Phi) is 13.8. The standard InChI is InChI=1S/C43H39ClF10N8O7S2/c1-20(63)16-55-32(65)18-71(68,69)60-39-34-29(44)8-7-26(36(34)62(59-39)19-41(47,48)49)25-6-5-24(9-10-40(2,3)70(4,66)67)56-35(25)30(13-21-11-22(45)14-23(46)12-21)57-31(64)17-61-38-33(37(58-61)43(52,53)54)27-15-28(27)42(38,50)51/h5-8,11-12,14,20,27-28,30,63H,13,15-19H2,1-4H3,(H,55,65)(H,57,64)(H,59,60)/t20-,27-,28+,30-/m0/s1. The van der Waals surface area contributed by atoms with Crippen LogP contribution in [0, 0.1) is 29.4 Å². The molecule has 1 fully saturated rings. The summed E-state index contributed by atoms with van der Waals surface area (Å²) in [5.74, 6) is -8.28. The van der Waals surface area contributed by atoms with Crippen LogP contribution in [0.25, 0.3) is 22.0 Å². The lowest BCUT2D eigenvalue weighted by atomic mass is 9.93. The fourth-order valence-electron chi connectivity index (χ4n) is 8.02. The van der Waals surface area contributed by atoms with Gasteiger partial charge in [0.05, 0.1) is 33.8 Å². The van der Waals surface area contributed by atoms with Gasteiger partial charge in [-0.05, 0) is 81.3 Å². The number of pyridine rings is 1. The van der Waals surface area contributed by atoms with Gasteiger partial charge in [-0.15, -0.1) is 0 Å². The van der Waals surface area contributed by atoms with E-state index in [-0.39, 0.29) is 40.0 Å². The fraction of sp³-hybridized carbons (Fsp3) is 0.419. The Morgan fingerprint density at radius 3 is 2.21 bits per heavy atom. The number of hydrogen-bond donors (Lipinski definition) is 4. The molecule has 71 heavy (non-hydrogen) atoms. The molecule has 0 unspecified atom stereocenters. The summed E-state index contributed by atoms with van der Waals surface area (Å²) >= 11 is 6.54. The van der Waals surface area contributed by atoms with Crippen LogP contribution in [0.2, 0.25) is 5.02 Å². The van der Waals surface area contributed by atoms with Crippen molar-refractivity contribution in [2.45, 2.75) is 87.8 Å². The molecule has 1 saturated carbocycles. The number of benzene rings is 2. The van der Waals surface area contributed by atoms with Crippen LogP contribution in [0.3, 0.4) is 0 Å². The fourth-order valence-corrected chi connectivity index (χ4v) is 9.45. The van der Waals surface area contributed by atoms with Crippen LogP contribution >= 0.6 is 11.6 Å². The Morgan fingerprint density at radius 1 is 0.958 bits per heavy atom. The number of sulfone groups is 1. The highest BCUT2D eigenvalue weighted by atomic mass is 35.5. The molecule has 3 heterocycles. The van der Waals surface area contributed by atoms with Gasteiger partial charge in [0.25, 0.3) is 5.92 Å². The number of fused-ring (bicyclic) bond motifs is 4. The van der Waals surface area contributed by atoms with Crippen molar-refractivity contribution in [3.63, 3.8) is 0 Å². The Bertz CT molecular complexity index is 3250. The Balaban J connectivity index is 1.43. The van der Waals surface area contributed by atoms with E-state index >= 15 is 8.78 Å². The Morgan fingerprint density at radius 2 is 1.61 bits per heavy atom. The minimum absolute atomic E-state index is 0.194. The van der Waals surface area contributed by atoms with E-state index < -0.39 is 160 Å². The zero-order chi connectivity index (χ0) is 52.6. The lowest BCUT2D eigenvalue weighted by molar-refractivity contribution is -0.142. The average molecular weight is 1070 g/mol. The van der Waals surface area contributed by atoms with E-state index in [1.54, 1.807) is 0 Å². The molecule has 382 valence electrons. The van der Waals surface area contributed by atoms with Crippen molar-refractivity contribution < 1.29 is 75.4 Å². The highest BCUT2D eigenvalue weighted by Crippen LogP contribution is 2.68. The molecule has 2 aromatic carbocycles. The maximum Gasteiger partial charge on any atom is 0.435 e. The number of aliphatic hydroxyl groups is 1. The highest BCUT2D eigenvalue weighted by Gasteiger charge is 2.68. The molecular weight excluding hydrogens is 1030 g/mol. The SMILES string of the molecule is C[C@H](O)CNC(=O)CS(=O)(=O)Nc1nn(CC(F)(F)F)c2c(-c3ccc(C#CC(C)(C)S(C)(=O)=O)nc3[C@H](Cc3cc(F)cc(F)c3)NC(=O)Cn3nc(C(F)(F)F)c4c3C(F)(F)[C@@H]3C[C@H]43)ccc(Cl)c12. The third kappa shape index (κ3) is 11.4. The first kappa shape index (κ1) is 52.8. The topological polar surface area (TPSA) is 207 Å². The van der Waals surface area contributed by atoms with Gasteiger partial charge in [-0.1, -0.05) is 23.6 Å². The number of halogens is 11. The predicted octanol–water partition coefficient (Wildman–Crippen LogP) is 6.53. The summed E-state index contributed by atoms with van der Waals surface area (Å²) in [4.78, 5) is 31.0. The zero-order valence-electron chi connectivity index (χ0n) is 37.2. The summed E-state index contributed by atoms with van der Waals surface area (Å²) in [6, 6.07) is 4.87. The van der Waals surface area contributed by atoms with Crippen molar-refractivity contribution in [2.75, 3.05) is 23.3 Å². The molecule has 3 aromatic heterocycles. The smallest absolute Gasteiger partial charge is 0.392 e. The van der Waals surface area contributed by atoms with Crippen LogP contribution in [0.1, 0.15) is 73.1 Å². The van der Waals surface area contributed by atoms with Gasteiger partial charge < -0.3 is 15.7 Å². The van der Waals surface area contributed by atoms with Gasteiger partial charge in [0.1, 0.15) is 46.6 Å². The van der Waals surface area contributed by atoms with Gasteiger partial charge in [-0.2, -0.15) is 45.3 Å². The van der Waals surface area contributed by atoms with Crippen molar-refractivity contribution in [3.8, 4) is 23.0 Å². The summed E-state index contributed by atoms with van der Waals surface area (Å²) in [6.45, 7) is 0.190. The third-order valence-corrected chi connectivity index (χ3v) is 14.9. The molecule has 0 bridgehead atoms. The van der Waals surface area contributed by atoms with E-state index in [0.29, 0.717) is 10.7 Å². The van der Waals surface area contributed by atoms with Gasteiger partial charge in [-0.3, -0.25) is 23.7 Å². The number of anilines is 1. The summed E-state index contributed by atoms with van der Waals surface area (Å²) in [5, 5.41) is 20.4. The molecule has 2 amide bonds. The van der Waals surface area contributed by atoms with Gasteiger partial charge in [0.15, 0.2) is 21.3 Å². The Labute approximate surface area is 402 Å². The third-order valence-electron chi connectivity index (χ3n) is 11.5. The summed E-state index contributed by atoms with van der Waals surface area (Å²) in [6.07, 6.45) is -11.5. The molecule has 0 spiro atoms. The molecular formula is C43H39ClF10N8O7S2. The van der Waals surface area contributed by atoms with E-state index in [9.17, 15) is 66.7 Å². The van der Waals surface area contributed by atoms with Crippen LogP contribution in [-0.4, -0.2) is 93.9 Å². The van der Waals surface area contributed by atoms with Crippen molar-refractivity contribution in [1.82, 2.24) is 35.2 Å². The molecule has 4 N–H and O–H groups in total. The number of nitrogens with zero attached hydrogens (tertiary/aromatic N) is 5. The molecule has 0 radical (unpaired) electrons. The number of carbonyl (C=O) groups is 2. The van der Waals surface area contributed by atoms with Crippen molar-refractivity contribution in [1.29, 1.82) is 0 Å². The van der Waals surface area contributed by atoms with E-state index in [1.165, 1.54) is 20.8 Å². The predicted molar refractivity (Wildman–Crippen MR) is 235 cm³/mol. The van der Waals surface area contributed by atoms with E-state index in [1.807, 2.05) is 4.72 Å². The van der Waals surface area contributed by atoms with Crippen molar-refractivity contribution in [2.24, 2.45) is 5.92 Å². The quantitative estimate of drug-likeness (QED) is 0.0659. The monoisotopic (exact) mass is 1070 g/mol. The number of aliphatic hydroxyl groups excluding tert-OH is 1. The van der Waals surface area contributed by atoms with Crippen molar-refractivity contribution in [3.05, 3.63) is 93.0 Å². The summed E-state index contributed by atoms with van der Waals surface area (Å²) in [7, 11) is -8.70. The first-order chi connectivity index (χ1) is 32.7. The average Bonchev–Trinajstić information content (AvgIpc) is 3.74. The van der Waals surface area contributed by atoms with Gasteiger partial charge in [-0.25, -0.2) is 30.6 Å². The number of aromatic nitrogens is 5. The summed E-state index contributed by atoms with van der Waals surface area (Å²) < 4.78 is 199. The normalized spacial score (nSPS) is 17.5. The Hall–Kier alpha value is -5.98. The molecule has 7 rings (SSSR count). The first-order valence-electron chi connectivity index (χ1n) is 20.9. The number of rotatable bonds is 15. The van der Waals surface area contributed by atoms with E-state index in [0.717, 1.165) is 42.7 Å². The lowest BCUT2D eigenvalue weighted by Crippen LogP contribution is -2.36. The van der Waals surface area contributed by atoms with Crippen LogP contribution < -0.4 is 15.4 Å². The van der Waals surface area contributed by atoms with Crippen LogP contribution in [0.15, 0.2) is 42.5 Å². The van der Waals surface area contributed by atoms with Crippen molar-refractivity contribution >= 4 is 60.0 Å². The van der Waals surface area contributed by atoms with Crippen LogP contribution in [-0.2, 0) is 61.1 Å². The summed E-state index contributed by atoms with van der Waals surface area (Å²) in [5.41, 5.74) is -5.69. The number of amides is 2. The van der Waals surface area contributed by atoms with Crippen LogP contribution in [0.4, 0.5) is 49.7 Å². The van der Waals surface area contributed by atoms with Gasteiger partial charge in [0, 0.05) is 41.5 Å². The molecule has 0 saturated heterocycles. The number of hydrogen-bond acceptors (Lipinski definition) is 10. The second kappa shape index (κ2) is 18.6.